The van der Waals surface area contributed by atoms with E-state index in [4.69, 9.17) is 15.0 Å². The lowest BCUT2D eigenvalue weighted by atomic mass is 9.99. The largest absolute Gasteiger partial charge is 0.478 e. The number of aryl methyl sites for hydroxylation is 1. The van der Waals surface area contributed by atoms with E-state index in [-0.39, 0.29) is 0 Å². The maximum Gasteiger partial charge on any atom is 0.258 e. The third kappa shape index (κ3) is 2.75. The maximum absolute atomic E-state index is 10.4. The highest BCUT2D eigenvalue weighted by molar-refractivity contribution is 5.82. The lowest BCUT2D eigenvalue weighted by Gasteiger charge is -2.16. The second-order valence-electron chi connectivity index (χ2n) is 7.10. The van der Waals surface area contributed by atoms with Gasteiger partial charge in [0.2, 0.25) is 5.65 Å². The second kappa shape index (κ2) is 6.73. The highest BCUT2D eigenvalue weighted by Gasteiger charge is 2.23. The molecule has 1 aliphatic rings. The van der Waals surface area contributed by atoms with E-state index in [9.17, 15) is 5.11 Å². The number of aliphatic hydroxyl groups is 1. The Bertz CT molecular complexity index is 1270. The van der Waals surface area contributed by atoms with E-state index in [0.29, 0.717) is 17.1 Å². The number of hydrogen-bond donors (Lipinski definition) is 1. The normalized spacial score (nSPS) is 15.3. The SMILES string of the molecule is COc1nc(-c2ccc(C#N)cc2)c(-c2ccc3c(c2)C(O)CC3)n2ccnc12. The third-order valence-corrected chi connectivity index (χ3v) is 5.46. The molecule has 29 heavy (non-hydrogen) atoms. The van der Waals surface area contributed by atoms with Crippen LogP contribution in [-0.4, -0.2) is 26.6 Å². The van der Waals surface area contributed by atoms with E-state index >= 15 is 0 Å². The van der Waals surface area contributed by atoms with Gasteiger partial charge < -0.3 is 9.84 Å². The summed E-state index contributed by atoms with van der Waals surface area (Å²) in [6.07, 6.45) is 4.80. The summed E-state index contributed by atoms with van der Waals surface area (Å²) >= 11 is 0. The fourth-order valence-corrected chi connectivity index (χ4v) is 4.01. The van der Waals surface area contributed by atoms with Crippen LogP contribution < -0.4 is 4.74 Å². The average Bonchev–Trinajstić information content (AvgIpc) is 3.40. The topological polar surface area (TPSA) is 83.4 Å². The van der Waals surface area contributed by atoms with Gasteiger partial charge in [0, 0.05) is 23.5 Å². The minimum absolute atomic E-state index is 0.430. The van der Waals surface area contributed by atoms with Crippen molar-refractivity contribution in [3.05, 3.63) is 71.5 Å². The van der Waals surface area contributed by atoms with Crippen LogP contribution >= 0.6 is 0 Å². The summed E-state index contributed by atoms with van der Waals surface area (Å²) in [5, 5.41) is 19.5. The molecule has 0 spiro atoms. The van der Waals surface area contributed by atoms with Crippen LogP contribution in [0.1, 0.15) is 29.2 Å². The first-order valence-corrected chi connectivity index (χ1v) is 9.42. The summed E-state index contributed by atoms with van der Waals surface area (Å²) < 4.78 is 7.45. The molecule has 1 unspecified atom stereocenters. The predicted molar refractivity (Wildman–Crippen MR) is 108 cm³/mol. The van der Waals surface area contributed by atoms with Crippen molar-refractivity contribution >= 4 is 5.65 Å². The van der Waals surface area contributed by atoms with Crippen LogP contribution in [-0.2, 0) is 6.42 Å². The van der Waals surface area contributed by atoms with Crippen LogP contribution in [0.4, 0.5) is 0 Å². The monoisotopic (exact) mass is 382 g/mol. The smallest absolute Gasteiger partial charge is 0.258 e. The third-order valence-electron chi connectivity index (χ3n) is 5.46. The van der Waals surface area contributed by atoms with Crippen LogP contribution in [0.15, 0.2) is 54.9 Å². The van der Waals surface area contributed by atoms with E-state index in [1.165, 1.54) is 5.56 Å². The molecule has 4 aromatic rings. The molecule has 1 aliphatic carbocycles. The Morgan fingerprint density at radius 3 is 2.72 bits per heavy atom. The van der Waals surface area contributed by atoms with Gasteiger partial charge in [0.25, 0.3) is 5.88 Å². The average molecular weight is 382 g/mol. The van der Waals surface area contributed by atoms with Gasteiger partial charge >= 0.3 is 0 Å². The highest BCUT2D eigenvalue weighted by Crippen LogP contribution is 2.38. The molecule has 6 heteroatoms. The number of fused-ring (bicyclic) bond motifs is 2. The Kier molecular flexibility index (Phi) is 4.04. The molecule has 2 heterocycles. The summed E-state index contributed by atoms with van der Waals surface area (Å²) in [4.78, 5) is 9.16. The second-order valence-corrected chi connectivity index (χ2v) is 7.10. The molecule has 1 atom stereocenters. The van der Waals surface area contributed by atoms with Gasteiger partial charge in [-0.3, -0.25) is 4.40 Å². The number of nitriles is 1. The van der Waals surface area contributed by atoms with E-state index in [1.54, 1.807) is 25.4 Å². The Hall–Kier alpha value is -3.69. The fourth-order valence-electron chi connectivity index (χ4n) is 4.01. The highest BCUT2D eigenvalue weighted by atomic mass is 16.5. The van der Waals surface area contributed by atoms with Gasteiger partial charge in [0.1, 0.15) is 0 Å². The quantitative estimate of drug-likeness (QED) is 0.581. The molecule has 0 fully saturated rings. The summed E-state index contributed by atoms with van der Waals surface area (Å²) in [6.45, 7) is 0. The van der Waals surface area contributed by atoms with E-state index in [1.807, 2.05) is 28.8 Å². The Labute approximate surface area is 167 Å². The van der Waals surface area contributed by atoms with Gasteiger partial charge in [0.05, 0.1) is 36.2 Å². The van der Waals surface area contributed by atoms with Gasteiger partial charge in [0.15, 0.2) is 0 Å². The lowest BCUT2D eigenvalue weighted by Crippen LogP contribution is -2.03. The number of imidazole rings is 1. The molecule has 142 valence electrons. The number of ether oxygens (including phenoxy) is 1. The molecule has 5 rings (SSSR count). The number of nitrogens with zero attached hydrogens (tertiary/aromatic N) is 4. The number of methoxy groups -OCH3 is 1. The summed E-state index contributed by atoms with van der Waals surface area (Å²) in [6, 6.07) is 15.7. The van der Waals surface area contributed by atoms with Crippen molar-refractivity contribution < 1.29 is 9.84 Å². The zero-order chi connectivity index (χ0) is 20.0. The molecule has 2 aromatic heterocycles. The van der Waals surface area contributed by atoms with Gasteiger partial charge in [-0.1, -0.05) is 24.3 Å². The molecule has 0 bridgehead atoms. The number of aliphatic hydroxyl groups excluding tert-OH is 1. The van der Waals surface area contributed by atoms with Crippen molar-refractivity contribution in [3.63, 3.8) is 0 Å². The standard InChI is InChI=1S/C23H18N4O2/c1-29-23-22-25-10-11-27(22)21(17-7-6-15-8-9-19(28)18(15)12-17)20(26-23)16-4-2-14(13-24)3-5-16/h2-7,10-12,19,28H,8-9H2,1H3. The molecular weight excluding hydrogens is 364 g/mol. The molecule has 6 nitrogen and oxygen atoms in total. The van der Waals surface area contributed by atoms with Gasteiger partial charge in [-0.2, -0.15) is 5.26 Å². The molecule has 0 amide bonds. The van der Waals surface area contributed by atoms with E-state index in [2.05, 4.69) is 23.2 Å². The predicted octanol–water partition coefficient (Wildman–Crippen LogP) is 3.92. The molecular formula is C23H18N4O2. The summed E-state index contributed by atoms with van der Waals surface area (Å²) in [5.41, 5.74) is 6.78. The number of benzene rings is 2. The Morgan fingerprint density at radius 1 is 1.17 bits per heavy atom. The number of rotatable bonds is 3. The number of aromatic nitrogens is 3. The lowest BCUT2D eigenvalue weighted by molar-refractivity contribution is 0.180. The molecule has 0 aliphatic heterocycles. The maximum atomic E-state index is 10.4. The van der Waals surface area contributed by atoms with Gasteiger partial charge in [-0.25, -0.2) is 9.97 Å². The Balaban J connectivity index is 1.80. The summed E-state index contributed by atoms with van der Waals surface area (Å²) in [7, 11) is 1.57. The first-order chi connectivity index (χ1) is 14.2. The van der Waals surface area contributed by atoms with Gasteiger partial charge in [-0.15, -0.1) is 0 Å². The van der Waals surface area contributed by atoms with Gasteiger partial charge in [-0.05, 0) is 42.2 Å². The molecule has 1 N–H and O–H groups in total. The molecule has 0 saturated heterocycles. The van der Waals surface area contributed by atoms with Crippen LogP contribution in [0.5, 0.6) is 5.88 Å². The van der Waals surface area contributed by atoms with Crippen LogP contribution in [0.2, 0.25) is 0 Å². The van der Waals surface area contributed by atoms with Crippen molar-refractivity contribution in [1.82, 2.24) is 14.4 Å². The molecule has 2 aromatic carbocycles. The Morgan fingerprint density at radius 2 is 1.97 bits per heavy atom. The minimum atomic E-state index is -0.437. The van der Waals surface area contributed by atoms with Crippen LogP contribution in [0, 0.1) is 11.3 Å². The molecule has 0 saturated carbocycles. The van der Waals surface area contributed by atoms with Crippen LogP contribution in [0.3, 0.4) is 0 Å². The summed E-state index contributed by atoms with van der Waals surface area (Å²) in [5.74, 6) is 0.430. The van der Waals surface area contributed by atoms with Crippen molar-refractivity contribution in [2.45, 2.75) is 18.9 Å². The number of hydrogen-bond acceptors (Lipinski definition) is 5. The minimum Gasteiger partial charge on any atom is -0.478 e. The first-order valence-electron chi connectivity index (χ1n) is 9.42. The van der Waals surface area contributed by atoms with E-state index in [0.717, 1.165) is 40.9 Å². The van der Waals surface area contributed by atoms with Crippen LogP contribution in [0.25, 0.3) is 28.2 Å². The zero-order valence-corrected chi connectivity index (χ0v) is 15.8. The van der Waals surface area contributed by atoms with Crippen molar-refractivity contribution in [2.24, 2.45) is 0 Å². The molecule has 0 radical (unpaired) electrons. The first kappa shape index (κ1) is 17.4. The van der Waals surface area contributed by atoms with Crippen molar-refractivity contribution in [1.29, 1.82) is 5.26 Å². The van der Waals surface area contributed by atoms with Crippen molar-refractivity contribution in [2.75, 3.05) is 7.11 Å². The zero-order valence-electron chi connectivity index (χ0n) is 15.8. The fraction of sp³-hybridized carbons (Fsp3) is 0.174. The van der Waals surface area contributed by atoms with Crippen molar-refractivity contribution in [3.8, 4) is 34.5 Å². The van der Waals surface area contributed by atoms with E-state index < -0.39 is 6.10 Å².